The number of rotatable bonds is 4. The Hall–Kier alpha value is -0.960. The molecule has 0 radical (unpaired) electrons. The van der Waals surface area contributed by atoms with Crippen molar-refractivity contribution in [2.45, 2.75) is 23.7 Å². The third-order valence-electron chi connectivity index (χ3n) is 3.18. The monoisotopic (exact) mass is 304 g/mol. The van der Waals surface area contributed by atoms with E-state index in [1.807, 2.05) is 6.92 Å². The maximum Gasteiger partial charge on any atom is 0.252 e. The van der Waals surface area contributed by atoms with Gasteiger partial charge in [0.25, 0.3) is 5.91 Å². The van der Waals surface area contributed by atoms with Crippen molar-refractivity contribution in [2.75, 3.05) is 13.2 Å². The lowest BCUT2D eigenvalue weighted by Crippen LogP contribution is -2.31. The maximum absolute atomic E-state index is 11.9. The van der Waals surface area contributed by atoms with Crippen molar-refractivity contribution in [3.05, 3.63) is 17.0 Å². The molecule has 8 heteroatoms. The van der Waals surface area contributed by atoms with Gasteiger partial charge in [0, 0.05) is 24.4 Å². The first-order chi connectivity index (χ1) is 8.88. The highest BCUT2D eigenvalue weighted by atomic mass is 32.2. The van der Waals surface area contributed by atoms with E-state index in [0.717, 1.165) is 24.4 Å². The average Bonchev–Trinajstić information content (AvgIpc) is 2.93. The molecule has 3 N–H and O–H groups in total. The van der Waals surface area contributed by atoms with E-state index in [0.29, 0.717) is 18.0 Å². The number of nitrogens with one attached hydrogen (secondary N) is 1. The fourth-order valence-electron chi connectivity index (χ4n) is 1.95. The average molecular weight is 304 g/mol. The smallest absolute Gasteiger partial charge is 0.252 e. The molecule has 1 aromatic heterocycles. The number of carbonyl (C=O) groups excluding carboxylic acids is 1. The minimum atomic E-state index is -3.74. The molecule has 1 fully saturated rings. The zero-order valence-electron chi connectivity index (χ0n) is 10.5. The van der Waals surface area contributed by atoms with E-state index < -0.39 is 10.0 Å². The molecule has 106 valence electrons. The van der Waals surface area contributed by atoms with Crippen LogP contribution >= 0.6 is 11.3 Å². The van der Waals surface area contributed by atoms with E-state index in [4.69, 9.17) is 9.88 Å². The summed E-state index contributed by atoms with van der Waals surface area (Å²) in [6.07, 6.45) is 1.07. The number of thiophene rings is 1. The second-order valence-corrected chi connectivity index (χ2v) is 7.23. The van der Waals surface area contributed by atoms with Gasteiger partial charge in [0.05, 0.1) is 11.7 Å². The molecule has 0 saturated carbocycles. The van der Waals surface area contributed by atoms with Crippen LogP contribution in [-0.2, 0) is 14.8 Å². The Morgan fingerprint density at radius 1 is 1.63 bits per heavy atom. The standard InChI is InChI=1S/C11H16N2O4S2/c1-7-8(2-3-17-7)5-13-11(14)9-4-10(18-6-9)19(12,15)16/h4,6-8H,2-3,5H2,1H3,(H,13,14)(H2,12,15,16). The summed E-state index contributed by atoms with van der Waals surface area (Å²) < 4.78 is 27.6. The summed E-state index contributed by atoms with van der Waals surface area (Å²) in [5, 5.41) is 9.27. The van der Waals surface area contributed by atoms with Gasteiger partial charge >= 0.3 is 0 Å². The van der Waals surface area contributed by atoms with Gasteiger partial charge in [-0.1, -0.05) is 0 Å². The normalized spacial score (nSPS) is 23.5. The summed E-state index contributed by atoms with van der Waals surface area (Å²) in [6.45, 7) is 3.23. The lowest BCUT2D eigenvalue weighted by molar-refractivity contribution is 0.0907. The number of amides is 1. The molecular weight excluding hydrogens is 288 g/mol. The van der Waals surface area contributed by atoms with Gasteiger partial charge in [0.2, 0.25) is 10.0 Å². The lowest BCUT2D eigenvalue weighted by Gasteiger charge is -2.14. The number of ether oxygens (including phenoxy) is 1. The molecule has 0 spiro atoms. The Labute approximate surface area is 116 Å². The number of carbonyl (C=O) groups is 1. The molecule has 2 unspecified atom stereocenters. The first-order valence-electron chi connectivity index (χ1n) is 5.89. The Morgan fingerprint density at radius 3 is 2.89 bits per heavy atom. The molecule has 2 atom stereocenters. The first kappa shape index (κ1) is 14.4. The highest BCUT2D eigenvalue weighted by Gasteiger charge is 2.25. The zero-order chi connectivity index (χ0) is 14.0. The largest absolute Gasteiger partial charge is 0.378 e. The van der Waals surface area contributed by atoms with Gasteiger partial charge in [-0.05, 0) is 19.4 Å². The molecule has 0 bridgehead atoms. The zero-order valence-corrected chi connectivity index (χ0v) is 12.1. The van der Waals surface area contributed by atoms with E-state index in [2.05, 4.69) is 5.32 Å². The topological polar surface area (TPSA) is 98.5 Å². The van der Waals surface area contributed by atoms with Gasteiger partial charge in [-0.25, -0.2) is 13.6 Å². The van der Waals surface area contributed by atoms with Crippen LogP contribution < -0.4 is 10.5 Å². The summed E-state index contributed by atoms with van der Waals surface area (Å²) in [5.74, 6) is 0.0190. The van der Waals surface area contributed by atoms with Gasteiger partial charge in [-0.3, -0.25) is 4.79 Å². The van der Waals surface area contributed by atoms with E-state index in [9.17, 15) is 13.2 Å². The maximum atomic E-state index is 11.9. The van der Waals surface area contributed by atoms with Crippen LogP contribution in [-0.4, -0.2) is 33.6 Å². The first-order valence-corrected chi connectivity index (χ1v) is 8.31. The SMILES string of the molecule is CC1OCCC1CNC(=O)c1csc(S(N)(=O)=O)c1. The van der Waals surface area contributed by atoms with Crippen LogP contribution in [0.1, 0.15) is 23.7 Å². The van der Waals surface area contributed by atoms with Crippen LogP contribution in [0.5, 0.6) is 0 Å². The predicted octanol–water partition coefficient (Wildman–Crippen LogP) is 0.550. The minimum Gasteiger partial charge on any atom is -0.378 e. The van der Waals surface area contributed by atoms with Crippen molar-refractivity contribution < 1.29 is 17.9 Å². The van der Waals surface area contributed by atoms with E-state index in [1.165, 1.54) is 11.4 Å². The van der Waals surface area contributed by atoms with Crippen molar-refractivity contribution >= 4 is 27.3 Å². The number of sulfonamides is 1. The lowest BCUT2D eigenvalue weighted by atomic mass is 10.0. The summed E-state index contributed by atoms with van der Waals surface area (Å²) in [4.78, 5) is 11.9. The van der Waals surface area contributed by atoms with Crippen molar-refractivity contribution in [2.24, 2.45) is 11.1 Å². The third-order valence-corrected chi connectivity index (χ3v) is 5.56. The molecule has 1 aliphatic rings. The molecule has 1 aliphatic heterocycles. The Bertz CT molecular complexity index is 567. The molecule has 6 nitrogen and oxygen atoms in total. The van der Waals surface area contributed by atoms with Crippen LogP contribution in [0.25, 0.3) is 0 Å². The molecule has 1 aromatic rings. The molecule has 1 saturated heterocycles. The Morgan fingerprint density at radius 2 is 2.37 bits per heavy atom. The number of hydrogen-bond donors (Lipinski definition) is 2. The molecule has 0 aromatic carbocycles. The van der Waals surface area contributed by atoms with E-state index in [1.54, 1.807) is 0 Å². The molecule has 1 amide bonds. The summed E-state index contributed by atoms with van der Waals surface area (Å²) >= 11 is 0.945. The Kier molecular flexibility index (Phi) is 4.24. The van der Waals surface area contributed by atoms with Gasteiger partial charge in [0.1, 0.15) is 4.21 Å². The second kappa shape index (κ2) is 5.58. The van der Waals surface area contributed by atoms with Crippen LogP contribution in [0.4, 0.5) is 0 Å². The van der Waals surface area contributed by atoms with Crippen LogP contribution in [0.15, 0.2) is 15.7 Å². The fraction of sp³-hybridized carbons (Fsp3) is 0.545. The highest BCUT2D eigenvalue weighted by molar-refractivity contribution is 7.91. The molecule has 0 aliphatic carbocycles. The fourth-order valence-corrected chi connectivity index (χ4v) is 3.54. The third kappa shape index (κ3) is 3.53. The van der Waals surface area contributed by atoms with Crippen LogP contribution in [0.2, 0.25) is 0 Å². The van der Waals surface area contributed by atoms with Gasteiger partial charge < -0.3 is 10.1 Å². The van der Waals surface area contributed by atoms with Crippen molar-refractivity contribution in [1.82, 2.24) is 5.32 Å². The highest BCUT2D eigenvalue weighted by Crippen LogP contribution is 2.21. The molecule has 2 rings (SSSR count). The number of nitrogens with two attached hydrogens (primary N) is 1. The van der Waals surface area contributed by atoms with Gasteiger partial charge in [-0.15, -0.1) is 11.3 Å². The van der Waals surface area contributed by atoms with Gasteiger partial charge in [-0.2, -0.15) is 0 Å². The predicted molar refractivity (Wildman–Crippen MR) is 71.5 cm³/mol. The number of hydrogen-bond acceptors (Lipinski definition) is 5. The van der Waals surface area contributed by atoms with Gasteiger partial charge in [0.15, 0.2) is 0 Å². The summed E-state index contributed by atoms with van der Waals surface area (Å²) in [6, 6.07) is 1.30. The van der Waals surface area contributed by atoms with Crippen molar-refractivity contribution in [3.63, 3.8) is 0 Å². The van der Waals surface area contributed by atoms with E-state index >= 15 is 0 Å². The molecule has 19 heavy (non-hydrogen) atoms. The van der Waals surface area contributed by atoms with Crippen molar-refractivity contribution in [1.29, 1.82) is 0 Å². The summed E-state index contributed by atoms with van der Waals surface area (Å²) in [5.41, 5.74) is 0.320. The molecule has 2 heterocycles. The van der Waals surface area contributed by atoms with Crippen molar-refractivity contribution in [3.8, 4) is 0 Å². The van der Waals surface area contributed by atoms with Crippen LogP contribution in [0.3, 0.4) is 0 Å². The number of primary sulfonamides is 1. The second-order valence-electron chi connectivity index (χ2n) is 4.53. The summed E-state index contributed by atoms with van der Waals surface area (Å²) in [7, 11) is -3.74. The molecular formula is C11H16N2O4S2. The Balaban J connectivity index is 1.95. The minimum absolute atomic E-state index is 0.00443. The van der Waals surface area contributed by atoms with E-state index in [-0.39, 0.29) is 16.2 Å². The van der Waals surface area contributed by atoms with Crippen LogP contribution in [0, 0.1) is 5.92 Å². The quantitative estimate of drug-likeness (QED) is 0.848.